The maximum Gasteiger partial charge on any atom is 0.344 e. The van der Waals surface area contributed by atoms with Gasteiger partial charge in [-0.25, -0.2) is 4.79 Å². The molecule has 0 aliphatic carbocycles. The van der Waals surface area contributed by atoms with E-state index in [2.05, 4.69) is 10.2 Å². The summed E-state index contributed by atoms with van der Waals surface area (Å²) in [5.74, 6) is 0.229. The Kier molecular flexibility index (Phi) is 6.69. The highest BCUT2D eigenvalue weighted by molar-refractivity contribution is 5.72. The van der Waals surface area contributed by atoms with Gasteiger partial charge in [-0.3, -0.25) is 4.90 Å². The Morgan fingerprint density at radius 2 is 1.92 bits per heavy atom. The van der Waals surface area contributed by atoms with Gasteiger partial charge in [0.2, 0.25) is 5.75 Å². The van der Waals surface area contributed by atoms with Crippen molar-refractivity contribution < 1.29 is 24.1 Å². The highest BCUT2D eigenvalue weighted by Crippen LogP contribution is 2.39. The van der Waals surface area contributed by atoms with Crippen LogP contribution in [-0.4, -0.2) is 62.5 Å². The molecule has 0 spiro atoms. The molecule has 0 aromatic heterocycles. The van der Waals surface area contributed by atoms with Crippen LogP contribution in [0, 0.1) is 0 Å². The smallest absolute Gasteiger partial charge is 0.344 e. The average Bonchev–Trinajstić information content (AvgIpc) is 2.84. The zero-order chi connectivity index (χ0) is 17.5. The summed E-state index contributed by atoms with van der Waals surface area (Å²) in [5.41, 5.74) is 1.04. The van der Waals surface area contributed by atoms with Crippen molar-refractivity contribution in [2.75, 3.05) is 40.4 Å². The van der Waals surface area contributed by atoms with E-state index >= 15 is 0 Å². The van der Waals surface area contributed by atoms with E-state index in [4.69, 9.17) is 19.3 Å². The Bertz CT molecular complexity index is 531. The van der Waals surface area contributed by atoms with Crippen molar-refractivity contribution in [2.24, 2.45) is 0 Å². The highest BCUT2D eigenvalue weighted by Gasteiger charge is 2.21. The molecule has 0 saturated carbocycles. The van der Waals surface area contributed by atoms with Crippen molar-refractivity contribution in [3.05, 3.63) is 17.7 Å². The molecule has 134 valence electrons. The van der Waals surface area contributed by atoms with Crippen LogP contribution >= 0.6 is 0 Å². The number of nitrogens with zero attached hydrogens (tertiary/aromatic N) is 1. The van der Waals surface area contributed by atoms with Crippen molar-refractivity contribution in [2.45, 2.75) is 26.0 Å². The molecule has 2 N–H and O–H groups in total. The fourth-order valence-corrected chi connectivity index (χ4v) is 2.69. The molecule has 1 aromatic rings. The van der Waals surface area contributed by atoms with Crippen molar-refractivity contribution in [3.63, 3.8) is 0 Å². The average molecular weight is 338 g/mol. The fourth-order valence-electron chi connectivity index (χ4n) is 2.69. The lowest BCUT2D eigenvalue weighted by atomic mass is 10.1. The van der Waals surface area contributed by atoms with Gasteiger partial charge in [-0.1, -0.05) is 0 Å². The van der Waals surface area contributed by atoms with Crippen molar-refractivity contribution in [1.29, 1.82) is 0 Å². The first-order chi connectivity index (χ1) is 11.5. The van der Waals surface area contributed by atoms with Crippen LogP contribution in [0.2, 0.25) is 0 Å². The summed E-state index contributed by atoms with van der Waals surface area (Å²) in [6.07, 6.45) is 0.126. The largest absolute Gasteiger partial charge is 0.493 e. The van der Waals surface area contributed by atoms with Crippen LogP contribution < -0.4 is 19.5 Å². The topological polar surface area (TPSA) is 80.3 Å². The molecule has 0 radical (unpaired) electrons. The van der Waals surface area contributed by atoms with Crippen molar-refractivity contribution >= 4 is 5.97 Å². The molecule has 1 heterocycles. The van der Waals surface area contributed by atoms with Crippen molar-refractivity contribution in [1.82, 2.24) is 10.2 Å². The molecule has 7 heteroatoms. The number of nitrogens with one attached hydrogen (secondary N) is 1. The first kappa shape index (κ1) is 18.4. The molecule has 1 unspecified atom stereocenters. The molecule has 24 heavy (non-hydrogen) atoms. The molecule has 1 fully saturated rings. The van der Waals surface area contributed by atoms with Gasteiger partial charge in [-0.2, -0.15) is 0 Å². The zero-order valence-electron chi connectivity index (χ0n) is 14.5. The number of hydrogen-bond acceptors (Lipinski definition) is 6. The molecule has 1 aliphatic heterocycles. The number of hydrogen-bond donors (Lipinski definition) is 2. The van der Waals surface area contributed by atoms with Gasteiger partial charge in [0.05, 0.1) is 14.2 Å². The molecule has 1 saturated heterocycles. The van der Waals surface area contributed by atoms with Gasteiger partial charge in [0, 0.05) is 19.6 Å². The minimum Gasteiger partial charge on any atom is -0.493 e. The molecule has 1 aromatic carbocycles. The first-order valence-corrected chi connectivity index (χ1v) is 8.12. The summed E-state index contributed by atoms with van der Waals surface area (Å²) in [6.45, 7) is 6.29. The number of carboxylic acids is 1. The van der Waals surface area contributed by atoms with Crippen LogP contribution in [0.4, 0.5) is 0 Å². The third-order valence-corrected chi connectivity index (χ3v) is 4.00. The minimum absolute atomic E-state index is 0.316. The predicted octanol–water partition coefficient (Wildman–Crippen LogP) is 1.35. The lowest BCUT2D eigenvalue weighted by Crippen LogP contribution is -2.27. The van der Waals surface area contributed by atoms with Gasteiger partial charge in [-0.05, 0) is 44.1 Å². The highest BCUT2D eigenvalue weighted by atomic mass is 16.6. The molecule has 1 atom stereocenters. The molecule has 7 nitrogen and oxygen atoms in total. The standard InChI is InChI=1S/C17H26N2O5/c1-12(17(20)21)24-16-14(22-2)9-13(10-15(16)23-3)11-19-7-4-5-18-6-8-19/h9-10,12,18H,4-8,11H2,1-3H3,(H,20,21). The van der Waals surface area contributed by atoms with Gasteiger partial charge >= 0.3 is 5.97 Å². The summed E-state index contributed by atoms with van der Waals surface area (Å²) in [7, 11) is 3.07. The van der Waals surface area contributed by atoms with E-state index < -0.39 is 12.1 Å². The SMILES string of the molecule is COc1cc(CN2CCCNCC2)cc(OC)c1OC(C)C(=O)O. The Morgan fingerprint density at radius 3 is 2.50 bits per heavy atom. The van der Waals surface area contributed by atoms with Gasteiger partial charge in [0.1, 0.15) is 0 Å². The van der Waals surface area contributed by atoms with Crippen molar-refractivity contribution in [3.8, 4) is 17.2 Å². The lowest BCUT2D eigenvalue weighted by molar-refractivity contribution is -0.144. The van der Waals surface area contributed by atoms with E-state index in [-0.39, 0.29) is 0 Å². The first-order valence-electron chi connectivity index (χ1n) is 8.12. The third kappa shape index (κ3) is 4.75. The number of rotatable bonds is 7. The lowest BCUT2D eigenvalue weighted by Gasteiger charge is -2.22. The molecular weight excluding hydrogens is 312 g/mol. The second kappa shape index (κ2) is 8.75. The normalized spacial score (nSPS) is 17.0. The molecule has 0 bridgehead atoms. The Morgan fingerprint density at radius 1 is 1.25 bits per heavy atom. The van der Waals surface area contributed by atoms with E-state index in [1.807, 2.05) is 12.1 Å². The van der Waals surface area contributed by atoms with Gasteiger partial charge in [0.25, 0.3) is 0 Å². The van der Waals surface area contributed by atoms with E-state index in [0.717, 1.165) is 44.7 Å². The number of aliphatic carboxylic acids is 1. The van der Waals surface area contributed by atoms with Crippen LogP contribution in [0.25, 0.3) is 0 Å². The summed E-state index contributed by atoms with van der Waals surface area (Å²) in [6, 6.07) is 3.76. The van der Waals surface area contributed by atoms with E-state index in [1.54, 1.807) is 0 Å². The molecule has 0 amide bonds. The third-order valence-electron chi connectivity index (χ3n) is 4.00. The maximum atomic E-state index is 11.0. The van der Waals surface area contributed by atoms with Crippen LogP contribution in [0.1, 0.15) is 18.9 Å². The Hall–Kier alpha value is -1.99. The van der Waals surface area contributed by atoms with Crippen LogP contribution in [0.5, 0.6) is 17.2 Å². The summed E-state index contributed by atoms with van der Waals surface area (Å²) in [5, 5.41) is 12.4. The zero-order valence-corrected chi connectivity index (χ0v) is 14.5. The summed E-state index contributed by atoms with van der Waals surface area (Å²) < 4.78 is 16.3. The van der Waals surface area contributed by atoms with E-state index in [9.17, 15) is 4.79 Å². The van der Waals surface area contributed by atoms with Gasteiger partial charge < -0.3 is 24.6 Å². The van der Waals surface area contributed by atoms with Crippen LogP contribution in [-0.2, 0) is 11.3 Å². The number of ether oxygens (including phenoxy) is 3. The number of carbonyl (C=O) groups is 1. The fraction of sp³-hybridized carbons (Fsp3) is 0.588. The number of carboxylic acid groups (broad SMARTS) is 1. The number of benzene rings is 1. The predicted molar refractivity (Wildman–Crippen MR) is 90.0 cm³/mol. The summed E-state index contributed by atoms with van der Waals surface area (Å²) >= 11 is 0. The van der Waals surface area contributed by atoms with E-state index in [1.165, 1.54) is 21.1 Å². The summed E-state index contributed by atoms with van der Waals surface area (Å²) in [4.78, 5) is 13.4. The second-order valence-corrected chi connectivity index (χ2v) is 5.81. The van der Waals surface area contributed by atoms with Gasteiger partial charge in [-0.15, -0.1) is 0 Å². The minimum atomic E-state index is -1.04. The molecular formula is C17H26N2O5. The van der Waals surface area contributed by atoms with Crippen LogP contribution in [0.3, 0.4) is 0 Å². The Labute approximate surface area is 142 Å². The van der Waals surface area contributed by atoms with Gasteiger partial charge in [0.15, 0.2) is 17.6 Å². The quantitative estimate of drug-likeness (QED) is 0.777. The number of methoxy groups -OCH3 is 2. The second-order valence-electron chi connectivity index (χ2n) is 5.81. The molecule has 2 rings (SSSR count). The van der Waals surface area contributed by atoms with E-state index in [0.29, 0.717) is 17.2 Å². The Balaban J connectivity index is 2.22. The monoisotopic (exact) mass is 338 g/mol. The molecule has 1 aliphatic rings. The maximum absolute atomic E-state index is 11.0. The van der Waals surface area contributed by atoms with Crippen LogP contribution in [0.15, 0.2) is 12.1 Å².